The van der Waals surface area contributed by atoms with Gasteiger partial charge in [-0.15, -0.1) is 0 Å². The molecule has 0 unspecified atom stereocenters. The van der Waals surface area contributed by atoms with Crippen molar-refractivity contribution in [3.8, 4) is 0 Å². The van der Waals surface area contributed by atoms with E-state index in [1.54, 1.807) is 6.33 Å². The zero-order valence-corrected chi connectivity index (χ0v) is 10.5. The summed E-state index contributed by atoms with van der Waals surface area (Å²) in [5, 5.41) is 0. The molecule has 0 atom stereocenters. The molecule has 0 N–H and O–H groups in total. The summed E-state index contributed by atoms with van der Waals surface area (Å²) in [5.74, 6) is 0. The highest BCUT2D eigenvalue weighted by molar-refractivity contribution is 9.10. The van der Waals surface area contributed by atoms with Gasteiger partial charge in [0.15, 0.2) is 5.65 Å². The van der Waals surface area contributed by atoms with Gasteiger partial charge >= 0.3 is 0 Å². The van der Waals surface area contributed by atoms with Gasteiger partial charge in [-0.05, 0) is 21.5 Å². The lowest BCUT2D eigenvalue weighted by molar-refractivity contribution is 0.821. The lowest BCUT2D eigenvalue weighted by Gasteiger charge is -2.04. The molecule has 0 spiro atoms. The first-order valence-electron chi connectivity index (χ1n) is 5.20. The third-order valence-electron chi connectivity index (χ3n) is 2.56. The fourth-order valence-corrected chi connectivity index (χ4v) is 2.27. The Morgan fingerprint density at radius 2 is 1.88 bits per heavy atom. The quantitative estimate of drug-likeness (QED) is 0.681. The monoisotopic (exact) mass is 288 g/mol. The molecule has 17 heavy (non-hydrogen) atoms. The summed E-state index contributed by atoms with van der Waals surface area (Å²) in [5.41, 5.74) is 2.86. The van der Waals surface area contributed by atoms with E-state index in [0.29, 0.717) is 5.65 Å². The van der Waals surface area contributed by atoms with Crippen LogP contribution in [0.25, 0.3) is 11.2 Å². The summed E-state index contributed by atoms with van der Waals surface area (Å²) < 4.78 is 2.81. The van der Waals surface area contributed by atoms with E-state index in [0.717, 1.165) is 16.7 Å². The highest BCUT2D eigenvalue weighted by Gasteiger charge is 2.08. The molecule has 0 aliphatic heterocycles. The minimum atomic E-state index is 0.711. The van der Waals surface area contributed by atoms with Gasteiger partial charge in [0.1, 0.15) is 16.4 Å². The minimum absolute atomic E-state index is 0.711. The Hall–Kier alpha value is -1.75. The van der Waals surface area contributed by atoms with Crippen molar-refractivity contribution in [2.24, 2.45) is 0 Å². The zero-order valence-electron chi connectivity index (χ0n) is 8.92. The molecule has 3 aromatic rings. The van der Waals surface area contributed by atoms with Crippen LogP contribution in [0.5, 0.6) is 0 Å². The Kier molecular flexibility index (Phi) is 2.60. The number of fused-ring (bicyclic) bond motifs is 1. The summed E-state index contributed by atoms with van der Waals surface area (Å²) in [6.07, 6.45) is 3.30. The van der Waals surface area contributed by atoms with Gasteiger partial charge in [0.2, 0.25) is 0 Å². The van der Waals surface area contributed by atoms with E-state index in [1.807, 2.05) is 22.8 Å². The molecule has 0 amide bonds. The second-order valence-electron chi connectivity index (χ2n) is 3.69. The number of hydrogen-bond acceptors (Lipinski definition) is 3. The average Bonchev–Trinajstić information content (AvgIpc) is 2.75. The van der Waals surface area contributed by atoms with Crippen molar-refractivity contribution in [3.63, 3.8) is 0 Å². The lowest BCUT2D eigenvalue weighted by atomic mass is 10.2. The van der Waals surface area contributed by atoms with Gasteiger partial charge in [0.05, 0.1) is 6.33 Å². The van der Waals surface area contributed by atoms with E-state index in [1.165, 1.54) is 11.9 Å². The first kappa shape index (κ1) is 10.4. The van der Waals surface area contributed by atoms with Crippen molar-refractivity contribution in [2.75, 3.05) is 0 Å². The molecule has 4 nitrogen and oxygen atoms in total. The molecule has 0 radical (unpaired) electrons. The first-order valence-corrected chi connectivity index (χ1v) is 5.99. The zero-order chi connectivity index (χ0) is 11.7. The summed E-state index contributed by atoms with van der Waals surface area (Å²) in [6.45, 7) is 0.767. The van der Waals surface area contributed by atoms with Crippen LogP contribution in [-0.2, 0) is 6.54 Å². The van der Waals surface area contributed by atoms with Gasteiger partial charge in [0.25, 0.3) is 0 Å². The number of halogens is 1. The second-order valence-corrected chi connectivity index (χ2v) is 4.45. The van der Waals surface area contributed by atoms with E-state index in [-0.39, 0.29) is 0 Å². The van der Waals surface area contributed by atoms with Crippen molar-refractivity contribution < 1.29 is 0 Å². The number of imidazole rings is 1. The van der Waals surface area contributed by atoms with Crippen LogP contribution >= 0.6 is 15.9 Å². The highest BCUT2D eigenvalue weighted by Crippen LogP contribution is 2.19. The van der Waals surface area contributed by atoms with Crippen LogP contribution in [0.1, 0.15) is 5.56 Å². The summed E-state index contributed by atoms with van der Waals surface area (Å²) >= 11 is 3.43. The Bertz CT molecular complexity index is 648. The Labute approximate surface area is 106 Å². The molecule has 0 bridgehead atoms. The molecular formula is C12H9BrN4. The van der Waals surface area contributed by atoms with Crippen LogP contribution in [0, 0.1) is 0 Å². The number of benzene rings is 1. The highest BCUT2D eigenvalue weighted by atomic mass is 79.9. The van der Waals surface area contributed by atoms with Gasteiger partial charge < -0.3 is 4.57 Å². The smallest absolute Gasteiger partial charge is 0.181 e. The van der Waals surface area contributed by atoms with Crippen LogP contribution in [0.15, 0.2) is 47.6 Å². The Balaban J connectivity index is 2.07. The summed E-state index contributed by atoms with van der Waals surface area (Å²) in [4.78, 5) is 12.5. The molecule has 2 heterocycles. The summed E-state index contributed by atoms with van der Waals surface area (Å²) in [6, 6.07) is 10.2. The topological polar surface area (TPSA) is 43.6 Å². The molecule has 0 saturated heterocycles. The van der Waals surface area contributed by atoms with Crippen LogP contribution < -0.4 is 0 Å². The van der Waals surface area contributed by atoms with Gasteiger partial charge in [-0.1, -0.05) is 30.3 Å². The molecule has 1 aromatic carbocycles. The Morgan fingerprint density at radius 1 is 1.06 bits per heavy atom. The standard InChI is InChI=1S/C12H9BrN4/c13-11-10-12(15-7-14-11)16-8-17(10)6-9-4-2-1-3-5-9/h1-5,7-8H,6H2. The van der Waals surface area contributed by atoms with E-state index >= 15 is 0 Å². The lowest BCUT2D eigenvalue weighted by Crippen LogP contribution is -1.98. The van der Waals surface area contributed by atoms with Crippen molar-refractivity contribution in [1.29, 1.82) is 0 Å². The average molecular weight is 289 g/mol. The first-order chi connectivity index (χ1) is 8.34. The predicted molar refractivity (Wildman–Crippen MR) is 68.6 cm³/mol. The van der Waals surface area contributed by atoms with Gasteiger partial charge in [-0.3, -0.25) is 0 Å². The van der Waals surface area contributed by atoms with Crippen LogP contribution in [0.4, 0.5) is 0 Å². The van der Waals surface area contributed by atoms with E-state index in [9.17, 15) is 0 Å². The molecule has 3 rings (SSSR count). The second kappa shape index (κ2) is 4.25. The summed E-state index contributed by atoms with van der Waals surface area (Å²) in [7, 11) is 0. The third kappa shape index (κ3) is 1.93. The molecular weight excluding hydrogens is 280 g/mol. The number of rotatable bonds is 2. The van der Waals surface area contributed by atoms with Gasteiger partial charge in [-0.2, -0.15) is 0 Å². The molecule has 0 aliphatic rings. The van der Waals surface area contributed by atoms with Crippen molar-refractivity contribution in [1.82, 2.24) is 19.5 Å². The fourth-order valence-electron chi connectivity index (χ4n) is 1.77. The predicted octanol–water partition coefficient (Wildman–Crippen LogP) is 2.64. The van der Waals surface area contributed by atoms with Crippen LogP contribution in [-0.4, -0.2) is 19.5 Å². The molecule has 0 saturated carbocycles. The van der Waals surface area contributed by atoms with Gasteiger partial charge in [0, 0.05) is 6.54 Å². The maximum atomic E-state index is 4.26. The Morgan fingerprint density at radius 3 is 2.71 bits per heavy atom. The molecule has 0 fully saturated rings. The van der Waals surface area contributed by atoms with Crippen molar-refractivity contribution >= 4 is 27.1 Å². The number of aromatic nitrogens is 4. The van der Waals surface area contributed by atoms with E-state index in [2.05, 4.69) is 43.0 Å². The van der Waals surface area contributed by atoms with Gasteiger partial charge in [-0.25, -0.2) is 15.0 Å². The van der Waals surface area contributed by atoms with E-state index in [4.69, 9.17) is 0 Å². The SMILES string of the molecule is Brc1ncnc2ncn(Cc3ccccc3)c12. The normalized spacial score (nSPS) is 10.9. The maximum Gasteiger partial charge on any atom is 0.181 e. The number of nitrogens with zero attached hydrogens (tertiary/aromatic N) is 4. The number of hydrogen-bond donors (Lipinski definition) is 0. The molecule has 2 aromatic heterocycles. The van der Waals surface area contributed by atoms with Crippen molar-refractivity contribution in [3.05, 3.63) is 53.2 Å². The van der Waals surface area contributed by atoms with Crippen LogP contribution in [0.3, 0.4) is 0 Å². The van der Waals surface area contributed by atoms with Crippen molar-refractivity contribution in [2.45, 2.75) is 6.54 Å². The van der Waals surface area contributed by atoms with Crippen LogP contribution in [0.2, 0.25) is 0 Å². The minimum Gasteiger partial charge on any atom is -0.322 e. The fraction of sp³-hybridized carbons (Fsp3) is 0.0833. The largest absolute Gasteiger partial charge is 0.322 e. The van der Waals surface area contributed by atoms with E-state index < -0.39 is 0 Å². The molecule has 0 aliphatic carbocycles. The molecule has 84 valence electrons. The maximum absolute atomic E-state index is 4.26. The third-order valence-corrected chi connectivity index (χ3v) is 3.14. The molecule has 5 heteroatoms.